The summed E-state index contributed by atoms with van der Waals surface area (Å²) < 4.78 is 28.9. The fraction of sp³-hybridized carbons (Fsp3) is 0.714. The van der Waals surface area contributed by atoms with Crippen LogP contribution in [0.4, 0.5) is 11.4 Å². The van der Waals surface area contributed by atoms with Crippen molar-refractivity contribution < 1.29 is 18.0 Å². The van der Waals surface area contributed by atoms with Crippen molar-refractivity contribution in [1.82, 2.24) is 4.90 Å². The van der Waals surface area contributed by atoms with Crippen molar-refractivity contribution in [2.45, 2.75) is 78.6 Å². The Kier molecular flexibility index (Phi) is 8.03. The van der Waals surface area contributed by atoms with Crippen LogP contribution in [-0.2, 0) is 19.6 Å². The molecule has 2 aliphatic carbocycles. The Morgan fingerprint density at radius 3 is 2.28 bits per heavy atom. The average molecular weight is 518 g/mol. The van der Waals surface area contributed by atoms with Gasteiger partial charge in [0.25, 0.3) is 0 Å². The van der Waals surface area contributed by atoms with Crippen molar-refractivity contribution in [3.8, 4) is 0 Å². The Labute approximate surface area is 217 Å². The van der Waals surface area contributed by atoms with Gasteiger partial charge in [0.1, 0.15) is 5.78 Å². The van der Waals surface area contributed by atoms with Gasteiger partial charge in [0.2, 0.25) is 15.9 Å². The number of amides is 1. The van der Waals surface area contributed by atoms with E-state index in [1.54, 1.807) is 12.1 Å². The number of anilines is 2. The number of carbonyl (C=O) groups excluding carboxylic acids is 2. The molecule has 1 amide bonds. The van der Waals surface area contributed by atoms with Crippen LogP contribution in [0.15, 0.2) is 24.3 Å². The third-order valence-electron chi connectivity index (χ3n) is 9.21. The zero-order chi connectivity index (χ0) is 26.0. The fourth-order valence-corrected chi connectivity index (χ4v) is 8.53. The Morgan fingerprint density at radius 1 is 1.03 bits per heavy atom. The zero-order valence-electron chi connectivity index (χ0n) is 22.2. The fourth-order valence-electron chi connectivity index (χ4n) is 6.64. The van der Waals surface area contributed by atoms with Crippen LogP contribution in [0.1, 0.15) is 78.6 Å². The Morgan fingerprint density at radius 2 is 1.69 bits per heavy atom. The maximum absolute atomic E-state index is 13.1. The molecule has 1 saturated heterocycles. The second-order valence-electron chi connectivity index (χ2n) is 11.6. The van der Waals surface area contributed by atoms with Crippen LogP contribution in [0.25, 0.3) is 0 Å². The molecular formula is C28H43N3O4S. The van der Waals surface area contributed by atoms with Crippen LogP contribution in [0.5, 0.6) is 0 Å². The highest BCUT2D eigenvalue weighted by molar-refractivity contribution is 7.92. The number of rotatable bonds is 11. The number of ketones is 1. The Hall–Kier alpha value is -2.09. The molecule has 1 aromatic carbocycles. The predicted octanol–water partition coefficient (Wildman–Crippen LogP) is 4.83. The lowest BCUT2D eigenvalue weighted by Gasteiger charge is -2.36. The third kappa shape index (κ3) is 5.43. The van der Waals surface area contributed by atoms with E-state index in [4.69, 9.17) is 0 Å². The van der Waals surface area contributed by atoms with Gasteiger partial charge < -0.3 is 9.80 Å². The second-order valence-corrected chi connectivity index (χ2v) is 13.3. The quantitative estimate of drug-likeness (QED) is 0.425. The Bertz CT molecular complexity index is 1050. The van der Waals surface area contributed by atoms with Crippen molar-refractivity contribution in [3.05, 3.63) is 24.3 Å². The molecule has 3 fully saturated rings. The van der Waals surface area contributed by atoms with Crippen LogP contribution < -0.4 is 9.62 Å². The van der Waals surface area contributed by atoms with E-state index in [9.17, 15) is 18.0 Å². The van der Waals surface area contributed by atoms with Gasteiger partial charge in [-0.15, -0.1) is 0 Å². The molecule has 0 spiro atoms. The molecule has 4 rings (SSSR count). The largest absolute Gasteiger partial charge is 0.368 e. The first kappa shape index (κ1) is 27.0. The highest BCUT2D eigenvalue weighted by atomic mass is 32.2. The van der Waals surface area contributed by atoms with E-state index in [1.807, 2.05) is 17.0 Å². The molecule has 7 nitrogen and oxygen atoms in total. The molecular weight excluding hydrogens is 474 g/mol. The van der Waals surface area contributed by atoms with Crippen molar-refractivity contribution >= 4 is 33.1 Å². The summed E-state index contributed by atoms with van der Waals surface area (Å²) in [4.78, 5) is 29.5. The average Bonchev–Trinajstić information content (AvgIpc) is 3.18. The van der Waals surface area contributed by atoms with Crippen molar-refractivity contribution in [2.24, 2.45) is 16.7 Å². The summed E-state index contributed by atoms with van der Waals surface area (Å²) in [5.74, 6) is 0.520. The van der Waals surface area contributed by atoms with Gasteiger partial charge >= 0.3 is 0 Å². The number of sulfonamides is 1. The lowest BCUT2D eigenvalue weighted by Crippen LogP contribution is -2.48. The highest BCUT2D eigenvalue weighted by Gasteiger charge is 2.65. The van der Waals surface area contributed by atoms with E-state index in [0.29, 0.717) is 30.9 Å². The van der Waals surface area contributed by atoms with E-state index in [-0.39, 0.29) is 22.9 Å². The molecule has 1 aromatic rings. The molecule has 3 aliphatic rings. The lowest BCUT2D eigenvalue weighted by molar-refractivity contribution is -0.131. The van der Waals surface area contributed by atoms with E-state index in [0.717, 1.165) is 51.1 Å². The van der Waals surface area contributed by atoms with Gasteiger partial charge in [-0.25, -0.2) is 8.42 Å². The predicted molar refractivity (Wildman–Crippen MR) is 145 cm³/mol. The summed E-state index contributed by atoms with van der Waals surface area (Å²) in [6.45, 7) is 9.28. The first-order valence-corrected chi connectivity index (χ1v) is 15.4. The number of hydrogen-bond donors (Lipinski definition) is 1. The number of unbranched alkanes of at least 4 members (excludes halogenated alkanes) is 4. The molecule has 0 aromatic heterocycles. The van der Waals surface area contributed by atoms with E-state index >= 15 is 0 Å². The van der Waals surface area contributed by atoms with E-state index < -0.39 is 15.4 Å². The maximum atomic E-state index is 13.1. The number of hydrogen-bond acceptors (Lipinski definition) is 5. The van der Waals surface area contributed by atoms with Gasteiger partial charge in [-0.05, 0) is 54.9 Å². The maximum Gasteiger partial charge on any atom is 0.233 e. The summed E-state index contributed by atoms with van der Waals surface area (Å²) in [5, 5.41) is 0. The van der Waals surface area contributed by atoms with Crippen LogP contribution in [0.2, 0.25) is 0 Å². The second kappa shape index (κ2) is 10.7. The minimum absolute atomic E-state index is 0.110. The molecule has 1 N–H and O–H groups in total. The first-order valence-electron chi connectivity index (χ1n) is 13.7. The van der Waals surface area contributed by atoms with Crippen LogP contribution in [-0.4, -0.2) is 56.9 Å². The van der Waals surface area contributed by atoms with Crippen molar-refractivity contribution in [3.63, 3.8) is 0 Å². The van der Waals surface area contributed by atoms with Crippen molar-refractivity contribution in [2.75, 3.05) is 41.6 Å². The zero-order valence-corrected chi connectivity index (χ0v) is 23.0. The normalized spacial score (nSPS) is 25.4. The molecule has 2 bridgehead atoms. The minimum Gasteiger partial charge on any atom is -0.368 e. The molecule has 1 heterocycles. The van der Waals surface area contributed by atoms with Crippen LogP contribution in [0.3, 0.4) is 0 Å². The monoisotopic (exact) mass is 517 g/mol. The summed E-state index contributed by atoms with van der Waals surface area (Å²) in [6, 6.07) is 7.43. The topological polar surface area (TPSA) is 86.8 Å². The third-order valence-corrected chi connectivity index (χ3v) is 10.6. The van der Waals surface area contributed by atoms with Gasteiger partial charge in [0, 0.05) is 50.4 Å². The number of piperazine rings is 1. The number of benzene rings is 1. The molecule has 2 saturated carbocycles. The summed E-state index contributed by atoms with van der Waals surface area (Å²) >= 11 is 0. The van der Waals surface area contributed by atoms with Crippen LogP contribution in [0, 0.1) is 16.7 Å². The van der Waals surface area contributed by atoms with Gasteiger partial charge in [-0.2, -0.15) is 0 Å². The molecule has 2 atom stereocenters. The summed E-state index contributed by atoms with van der Waals surface area (Å²) in [5.41, 5.74) is 0.496. The van der Waals surface area contributed by atoms with Gasteiger partial charge in [-0.3, -0.25) is 14.3 Å². The summed E-state index contributed by atoms with van der Waals surface area (Å²) in [7, 11) is -3.66. The number of nitrogens with zero attached hydrogens (tertiary/aromatic N) is 2. The molecule has 8 heteroatoms. The SMILES string of the molecule is CCCCCCCC(=O)N1CCN(c2ccc(NS(=O)(=O)CC34CCC(CC3=O)C4(C)C)cc2)CC1. The molecule has 1 aliphatic heterocycles. The van der Waals surface area contributed by atoms with Gasteiger partial charge in [0.15, 0.2) is 0 Å². The van der Waals surface area contributed by atoms with Crippen molar-refractivity contribution in [1.29, 1.82) is 0 Å². The Balaban J connectivity index is 1.28. The van der Waals surface area contributed by atoms with E-state index in [1.165, 1.54) is 19.3 Å². The molecule has 200 valence electrons. The number of fused-ring (bicyclic) bond motifs is 2. The number of nitrogens with one attached hydrogen (secondary N) is 1. The van der Waals surface area contributed by atoms with Gasteiger partial charge in [0.05, 0.1) is 11.2 Å². The molecule has 36 heavy (non-hydrogen) atoms. The summed E-state index contributed by atoms with van der Waals surface area (Å²) in [6.07, 6.45) is 8.52. The lowest BCUT2D eigenvalue weighted by atomic mass is 9.70. The highest BCUT2D eigenvalue weighted by Crippen LogP contribution is 2.64. The minimum atomic E-state index is -3.66. The standard InChI is InChI=1S/C28H43N3O4S/c1-4-5-6-7-8-9-26(33)31-18-16-30(17-19-31)24-12-10-23(11-13-24)29-36(34,35)21-28-15-14-22(20-25(28)32)27(28,2)3/h10-13,22,29H,4-9,14-21H2,1-3H3. The van der Waals surface area contributed by atoms with E-state index in [2.05, 4.69) is 30.4 Å². The van der Waals surface area contributed by atoms with Gasteiger partial charge in [-0.1, -0.05) is 46.5 Å². The smallest absolute Gasteiger partial charge is 0.233 e. The molecule has 0 radical (unpaired) electrons. The number of carbonyl (C=O) groups is 2. The molecule has 2 unspecified atom stereocenters. The first-order chi connectivity index (χ1) is 17.1. The number of Topliss-reactive ketones (excluding diaryl/α,β-unsaturated/α-hetero) is 1. The van der Waals surface area contributed by atoms with Crippen LogP contribution >= 0.6 is 0 Å².